The molecule has 32 heavy (non-hydrogen) atoms. The molecule has 164 valence electrons. The van der Waals surface area contributed by atoms with E-state index in [1.165, 1.54) is 31.2 Å². The largest absolute Gasteiger partial charge is 0.419 e. The first-order valence-corrected chi connectivity index (χ1v) is 10.3. The monoisotopic (exact) mass is 431 g/mol. The number of rotatable bonds is 5. The summed E-state index contributed by atoms with van der Waals surface area (Å²) in [5, 5.41) is 7.28. The Balaban J connectivity index is 1.49. The van der Waals surface area contributed by atoms with E-state index >= 15 is 0 Å². The molecule has 1 aromatic heterocycles. The number of hydrogen-bond acceptors (Lipinski definition) is 6. The molecule has 4 rings (SSSR count). The quantitative estimate of drug-likeness (QED) is 0.370. The van der Waals surface area contributed by atoms with E-state index in [-0.39, 0.29) is 5.57 Å². The van der Waals surface area contributed by atoms with E-state index < -0.39 is 17.7 Å². The Bertz CT molecular complexity index is 1150. The Labute approximate surface area is 186 Å². The minimum Gasteiger partial charge on any atom is -0.419 e. The number of nitrogens with one attached hydrogen (secondary N) is 1. The van der Waals surface area contributed by atoms with Gasteiger partial charge in [0.1, 0.15) is 0 Å². The number of benzene rings is 2. The van der Waals surface area contributed by atoms with Gasteiger partial charge in [-0.05, 0) is 72.9 Å². The maximum Gasteiger partial charge on any atom is 0.350 e. The van der Waals surface area contributed by atoms with Gasteiger partial charge in [0.15, 0.2) is 5.57 Å². The molecule has 1 aliphatic heterocycles. The van der Waals surface area contributed by atoms with Crippen LogP contribution in [0.5, 0.6) is 0 Å². The summed E-state index contributed by atoms with van der Waals surface area (Å²) < 4.78 is 12.1. The van der Waals surface area contributed by atoms with E-state index in [1.54, 1.807) is 6.20 Å². The highest BCUT2D eigenvalue weighted by Crippen LogP contribution is 2.25. The van der Waals surface area contributed by atoms with Crippen LogP contribution in [0.25, 0.3) is 5.69 Å². The van der Waals surface area contributed by atoms with Crippen molar-refractivity contribution in [2.75, 3.05) is 5.32 Å². The lowest BCUT2D eigenvalue weighted by atomic mass is 9.95. The summed E-state index contributed by atoms with van der Waals surface area (Å²) in [6, 6.07) is 14.2. The minimum atomic E-state index is -1.25. The number of anilines is 1. The second-order valence-electron chi connectivity index (χ2n) is 8.26. The number of carbonyl (C=O) groups is 2. The second kappa shape index (κ2) is 8.34. The van der Waals surface area contributed by atoms with Crippen LogP contribution >= 0.6 is 0 Å². The highest BCUT2D eigenvalue weighted by molar-refractivity contribution is 6.15. The van der Waals surface area contributed by atoms with Crippen LogP contribution in [0.4, 0.5) is 5.69 Å². The average molecular weight is 431 g/mol. The van der Waals surface area contributed by atoms with Crippen molar-refractivity contribution in [1.82, 2.24) is 9.78 Å². The predicted molar refractivity (Wildman–Crippen MR) is 120 cm³/mol. The molecule has 0 amide bonds. The molecular weight excluding hydrogens is 406 g/mol. The lowest BCUT2D eigenvalue weighted by Crippen LogP contribution is -2.42. The molecule has 0 atom stereocenters. The smallest absolute Gasteiger partial charge is 0.350 e. The Kier molecular flexibility index (Phi) is 5.57. The third kappa shape index (κ3) is 4.56. The first kappa shape index (κ1) is 21.4. The van der Waals surface area contributed by atoms with Crippen molar-refractivity contribution < 1.29 is 19.1 Å². The molecule has 0 unspecified atom stereocenters. The highest BCUT2D eigenvalue weighted by Gasteiger charge is 2.38. The van der Waals surface area contributed by atoms with E-state index in [0.29, 0.717) is 0 Å². The highest BCUT2D eigenvalue weighted by atomic mass is 16.7. The van der Waals surface area contributed by atoms with Crippen molar-refractivity contribution in [1.29, 1.82) is 0 Å². The molecule has 1 N–H and O–H groups in total. The number of aromatic nitrogens is 2. The van der Waals surface area contributed by atoms with Gasteiger partial charge in [0.2, 0.25) is 0 Å². The predicted octanol–water partition coefficient (Wildman–Crippen LogP) is 4.21. The Hall–Kier alpha value is -3.87. The van der Waals surface area contributed by atoms with Gasteiger partial charge >= 0.3 is 11.9 Å². The summed E-state index contributed by atoms with van der Waals surface area (Å²) in [7, 11) is 0. The Morgan fingerprint density at radius 2 is 1.66 bits per heavy atom. The van der Waals surface area contributed by atoms with Crippen LogP contribution in [0, 0.1) is 13.8 Å². The van der Waals surface area contributed by atoms with Gasteiger partial charge in [-0.2, -0.15) is 5.10 Å². The van der Waals surface area contributed by atoms with E-state index in [0.717, 1.165) is 28.9 Å². The third-order valence-corrected chi connectivity index (χ3v) is 5.28. The van der Waals surface area contributed by atoms with Crippen molar-refractivity contribution in [3.8, 4) is 5.69 Å². The van der Waals surface area contributed by atoms with Crippen molar-refractivity contribution in [3.63, 3.8) is 0 Å². The summed E-state index contributed by atoms with van der Waals surface area (Å²) in [5.74, 6) is -2.67. The summed E-state index contributed by atoms with van der Waals surface area (Å²) in [4.78, 5) is 24.2. The molecule has 2 aromatic carbocycles. The molecule has 7 heteroatoms. The van der Waals surface area contributed by atoms with E-state index in [2.05, 4.69) is 34.7 Å². The molecule has 2 heterocycles. The van der Waals surface area contributed by atoms with Gasteiger partial charge in [-0.15, -0.1) is 0 Å². The molecule has 0 radical (unpaired) electrons. The van der Waals surface area contributed by atoms with Crippen molar-refractivity contribution in [2.45, 2.75) is 39.9 Å². The molecule has 7 nitrogen and oxygen atoms in total. The normalized spacial score (nSPS) is 15.2. The summed E-state index contributed by atoms with van der Waals surface area (Å²) in [6.45, 7) is 7.13. The van der Waals surface area contributed by atoms with Crippen LogP contribution in [0.3, 0.4) is 0 Å². The van der Waals surface area contributed by atoms with Gasteiger partial charge in [-0.1, -0.05) is 12.1 Å². The Morgan fingerprint density at radius 1 is 1.03 bits per heavy atom. The minimum absolute atomic E-state index is 0.166. The number of hydrogen-bond donors (Lipinski definition) is 1. The fourth-order valence-corrected chi connectivity index (χ4v) is 3.68. The second-order valence-corrected chi connectivity index (χ2v) is 8.26. The van der Waals surface area contributed by atoms with Crippen LogP contribution in [0.15, 0.2) is 66.6 Å². The van der Waals surface area contributed by atoms with Gasteiger partial charge < -0.3 is 14.8 Å². The zero-order valence-electron chi connectivity index (χ0n) is 18.5. The van der Waals surface area contributed by atoms with Gasteiger partial charge in [-0.25, -0.2) is 14.3 Å². The zero-order chi connectivity index (χ0) is 22.9. The standard InChI is InChI=1S/C25H25N3O4/c1-16-12-19(26-15-22-23(29)31-25(3,4)32-24(22)30)13-17(2)21(16)14-18-6-8-20(9-7-18)28-11-5-10-27-28/h5-13,15,26H,14H2,1-4H3. The molecule has 1 fully saturated rings. The number of cyclic esters (lactones) is 2. The Morgan fingerprint density at radius 3 is 2.22 bits per heavy atom. The molecule has 1 aliphatic rings. The molecule has 0 bridgehead atoms. The van der Waals surface area contributed by atoms with Crippen LogP contribution in [0.1, 0.15) is 36.1 Å². The maximum absolute atomic E-state index is 12.1. The first-order chi connectivity index (χ1) is 15.2. The van der Waals surface area contributed by atoms with Crippen LogP contribution in [-0.4, -0.2) is 27.5 Å². The van der Waals surface area contributed by atoms with Crippen LogP contribution in [-0.2, 0) is 25.5 Å². The zero-order valence-corrected chi connectivity index (χ0v) is 18.5. The molecule has 3 aromatic rings. The van der Waals surface area contributed by atoms with Crippen LogP contribution in [0.2, 0.25) is 0 Å². The average Bonchev–Trinajstić information content (AvgIpc) is 3.24. The molecule has 0 aliphatic carbocycles. The molecule has 0 saturated carbocycles. The molecule has 0 spiro atoms. The SMILES string of the molecule is Cc1cc(NC=C2C(=O)OC(C)(C)OC2=O)cc(C)c1Cc1ccc(-n2cccn2)cc1. The van der Waals surface area contributed by atoms with Gasteiger partial charge in [0.25, 0.3) is 5.79 Å². The summed E-state index contributed by atoms with van der Waals surface area (Å²) in [5.41, 5.74) is 6.27. The van der Waals surface area contributed by atoms with Gasteiger partial charge in [0.05, 0.1) is 5.69 Å². The van der Waals surface area contributed by atoms with Crippen molar-refractivity contribution in [2.24, 2.45) is 0 Å². The lowest BCUT2D eigenvalue weighted by molar-refractivity contribution is -0.222. The number of ether oxygens (including phenoxy) is 2. The fraction of sp³-hybridized carbons (Fsp3) is 0.240. The lowest BCUT2D eigenvalue weighted by Gasteiger charge is -2.29. The molecular formula is C25H25N3O4. The number of nitrogens with zero attached hydrogens (tertiary/aromatic N) is 2. The fourth-order valence-electron chi connectivity index (χ4n) is 3.68. The van der Waals surface area contributed by atoms with Gasteiger partial charge in [-0.3, -0.25) is 0 Å². The van der Waals surface area contributed by atoms with Crippen molar-refractivity contribution >= 4 is 17.6 Å². The van der Waals surface area contributed by atoms with E-state index in [1.807, 2.05) is 42.9 Å². The third-order valence-electron chi connectivity index (χ3n) is 5.28. The number of esters is 2. The topological polar surface area (TPSA) is 82.5 Å². The van der Waals surface area contributed by atoms with E-state index in [9.17, 15) is 9.59 Å². The van der Waals surface area contributed by atoms with Crippen LogP contribution < -0.4 is 5.32 Å². The molecule has 1 saturated heterocycles. The first-order valence-electron chi connectivity index (χ1n) is 10.3. The number of aryl methyl sites for hydroxylation is 2. The summed E-state index contributed by atoms with van der Waals surface area (Å²) in [6.07, 6.45) is 5.80. The van der Waals surface area contributed by atoms with E-state index in [4.69, 9.17) is 9.47 Å². The number of carbonyl (C=O) groups excluding carboxylic acids is 2. The van der Waals surface area contributed by atoms with Gasteiger partial charge in [0, 0.05) is 38.1 Å². The van der Waals surface area contributed by atoms with Crippen molar-refractivity contribution in [3.05, 3.63) is 88.9 Å². The maximum atomic E-state index is 12.1. The summed E-state index contributed by atoms with van der Waals surface area (Å²) >= 11 is 0.